The van der Waals surface area contributed by atoms with Crippen molar-refractivity contribution in [2.24, 2.45) is 12.0 Å². The summed E-state index contributed by atoms with van der Waals surface area (Å²) in [5, 5.41) is 0. The van der Waals surface area contributed by atoms with Crippen LogP contribution in [0.3, 0.4) is 0 Å². The lowest BCUT2D eigenvalue weighted by Crippen LogP contribution is -2.14. The van der Waals surface area contributed by atoms with Crippen LogP contribution in [0, 0.1) is 0 Å². The zero-order chi connectivity index (χ0) is 19.4. The average Bonchev–Trinajstić information content (AvgIpc) is 2.92. The first-order chi connectivity index (χ1) is 12.9. The zero-order valence-electron chi connectivity index (χ0n) is 14.8. The average molecular weight is 467 g/mol. The first-order valence-electron chi connectivity index (χ1n) is 8.42. The zero-order valence-corrected chi connectivity index (χ0v) is 18.0. The standard InChI is InChI=1S/C19H19BrN2O3S2/c1-22-18-15(20)9-5-10-16(18)26-19(22)21-17(23)11-6-12-27(24,25)13-14-7-3-2-4-8-14/h2-5,7-10H,6,11-13H2,1H3. The summed E-state index contributed by atoms with van der Waals surface area (Å²) in [7, 11) is -1.38. The van der Waals surface area contributed by atoms with Crippen molar-refractivity contribution in [3.63, 3.8) is 0 Å². The number of halogens is 1. The molecular weight excluding hydrogens is 448 g/mol. The van der Waals surface area contributed by atoms with Crippen LogP contribution in [-0.4, -0.2) is 24.6 Å². The van der Waals surface area contributed by atoms with Crippen molar-refractivity contribution in [3.05, 3.63) is 63.4 Å². The van der Waals surface area contributed by atoms with Crippen LogP contribution < -0.4 is 4.80 Å². The summed E-state index contributed by atoms with van der Waals surface area (Å²) >= 11 is 4.95. The predicted octanol–water partition coefficient (Wildman–Crippen LogP) is 3.82. The summed E-state index contributed by atoms with van der Waals surface area (Å²) in [6.07, 6.45) is 0.388. The number of fused-ring (bicyclic) bond motifs is 1. The highest BCUT2D eigenvalue weighted by molar-refractivity contribution is 9.10. The van der Waals surface area contributed by atoms with Crippen molar-refractivity contribution in [2.45, 2.75) is 18.6 Å². The number of amides is 1. The third kappa shape index (κ3) is 5.15. The summed E-state index contributed by atoms with van der Waals surface area (Å²) in [6, 6.07) is 14.9. The maximum absolute atomic E-state index is 12.2. The van der Waals surface area contributed by atoms with E-state index in [1.54, 1.807) is 12.1 Å². The van der Waals surface area contributed by atoms with Gasteiger partial charge in [0.05, 0.1) is 21.7 Å². The fraction of sp³-hybridized carbons (Fsp3) is 0.263. The van der Waals surface area contributed by atoms with Crippen molar-refractivity contribution in [3.8, 4) is 0 Å². The van der Waals surface area contributed by atoms with Crippen LogP contribution in [0.4, 0.5) is 0 Å². The summed E-state index contributed by atoms with van der Waals surface area (Å²) in [4.78, 5) is 17.0. The molecule has 0 aliphatic heterocycles. The molecule has 0 radical (unpaired) electrons. The molecule has 142 valence electrons. The number of carbonyl (C=O) groups is 1. The molecule has 1 heterocycles. The number of benzene rings is 2. The molecular formula is C19H19BrN2O3S2. The van der Waals surface area contributed by atoms with Crippen LogP contribution in [0.15, 0.2) is 58.0 Å². The van der Waals surface area contributed by atoms with Crippen LogP contribution in [0.2, 0.25) is 0 Å². The second-order valence-corrected chi connectivity index (χ2v) is 10.3. The van der Waals surface area contributed by atoms with Gasteiger partial charge in [-0.15, -0.1) is 0 Å². The van der Waals surface area contributed by atoms with E-state index >= 15 is 0 Å². The van der Waals surface area contributed by atoms with Crippen LogP contribution in [0.1, 0.15) is 18.4 Å². The number of rotatable bonds is 6. The minimum absolute atomic E-state index is 0.00151. The minimum atomic E-state index is -3.24. The van der Waals surface area contributed by atoms with Gasteiger partial charge in [0, 0.05) is 17.9 Å². The molecule has 0 aliphatic carbocycles. The minimum Gasteiger partial charge on any atom is -0.318 e. The monoisotopic (exact) mass is 466 g/mol. The molecule has 0 spiro atoms. The Labute approximate surface area is 170 Å². The van der Waals surface area contributed by atoms with Gasteiger partial charge in [0.25, 0.3) is 0 Å². The Kier molecular flexibility index (Phi) is 6.29. The van der Waals surface area contributed by atoms with Gasteiger partial charge in [-0.2, -0.15) is 4.99 Å². The van der Waals surface area contributed by atoms with E-state index in [0.29, 0.717) is 4.80 Å². The quantitative estimate of drug-likeness (QED) is 0.554. The molecule has 0 bridgehead atoms. The van der Waals surface area contributed by atoms with E-state index in [2.05, 4.69) is 20.9 Å². The van der Waals surface area contributed by atoms with Gasteiger partial charge in [0.15, 0.2) is 14.6 Å². The van der Waals surface area contributed by atoms with Gasteiger partial charge in [-0.05, 0) is 40.0 Å². The Morgan fingerprint density at radius 1 is 1.15 bits per heavy atom. The van der Waals surface area contributed by atoms with Gasteiger partial charge in [-0.25, -0.2) is 8.42 Å². The van der Waals surface area contributed by atoms with E-state index in [1.807, 2.05) is 48.0 Å². The number of hydrogen-bond acceptors (Lipinski definition) is 4. The lowest BCUT2D eigenvalue weighted by Gasteiger charge is -2.03. The highest BCUT2D eigenvalue weighted by Crippen LogP contribution is 2.24. The largest absolute Gasteiger partial charge is 0.318 e. The number of nitrogens with zero attached hydrogens (tertiary/aromatic N) is 2. The van der Waals surface area contributed by atoms with Crippen LogP contribution >= 0.6 is 27.3 Å². The lowest BCUT2D eigenvalue weighted by molar-refractivity contribution is -0.118. The van der Waals surface area contributed by atoms with Crippen LogP contribution in [-0.2, 0) is 27.4 Å². The third-order valence-corrected chi connectivity index (χ3v) is 7.49. The number of aromatic nitrogens is 1. The molecule has 1 aromatic heterocycles. The molecule has 5 nitrogen and oxygen atoms in total. The second kappa shape index (κ2) is 8.50. The Morgan fingerprint density at radius 3 is 2.59 bits per heavy atom. The van der Waals surface area contributed by atoms with Gasteiger partial charge in [0.1, 0.15) is 0 Å². The molecule has 3 aromatic rings. The Hall–Kier alpha value is -1.77. The predicted molar refractivity (Wildman–Crippen MR) is 112 cm³/mol. The third-order valence-electron chi connectivity index (χ3n) is 4.07. The first kappa shape index (κ1) is 20.0. The van der Waals surface area contributed by atoms with Gasteiger partial charge in [-0.1, -0.05) is 47.7 Å². The molecule has 27 heavy (non-hydrogen) atoms. The molecule has 0 fully saturated rings. The molecule has 0 N–H and O–H groups in total. The molecule has 0 saturated heterocycles. The topological polar surface area (TPSA) is 68.5 Å². The number of thiazole rings is 1. The van der Waals surface area contributed by atoms with E-state index < -0.39 is 9.84 Å². The van der Waals surface area contributed by atoms with Crippen molar-refractivity contribution < 1.29 is 13.2 Å². The number of para-hydroxylation sites is 1. The second-order valence-electron chi connectivity index (χ2n) is 6.22. The molecule has 8 heteroatoms. The van der Waals surface area contributed by atoms with E-state index in [1.165, 1.54) is 11.3 Å². The molecule has 0 unspecified atom stereocenters. The number of hydrogen-bond donors (Lipinski definition) is 0. The van der Waals surface area contributed by atoms with Gasteiger partial charge in [-0.3, -0.25) is 4.79 Å². The molecule has 2 aromatic carbocycles. The smallest absolute Gasteiger partial charge is 0.248 e. The maximum atomic E-state index is 12.2. The van der Waals surface area contributed by atoms with Gasteiger partial charge < -0.3 is 4.57 Å². The molecule has 0 atom stereocenters. The fourth-order valence-electron chi connectivity index (χ4n) is 2.77. The van der Waals surface area contributed by atoms with E-state index in [4.69, 9.17) is 0 Å². The number of sulfone groups is 1. The summed E-state index contributed by atoms with van der Waals surface area (Å²) in [6.45, 7) is 0. The molecule has 3 rings (SSSR count). The highest BCUT2D eigenvalue weighted by Gasteiger charge is 2.13. The van der Waals surface area contributed by atoms with E-state index in [9.17, 15) is 13.2 Å². The summed E-state index contributed by atoms with van der Waals surface area (Å²) in [5.74, 6) is -0.325. The number of carbonyl (C=O) groups excluding carboxylic acids is 1. The first-order valence-corrected chi connectivity index (χ1v) is 11.8. The Morgan fingerprint density at radius 2 is 1.89 bits per heavy atom. The Balaban J connectivity index is 1.64. The molecule has 1 amide bonds. The van der Waals surface area contributed by atoms with E-state index in [-0.39, 0.29) is 30.3 Å². The van der Waals surface area contributed by atoms with E-state index in [0.717, 1.165) is 20.3 Å². The summed E-state index contributed by atoms with van der Waals surface area (Å²) in [5.41, 5.74) is 1.75. The van der Waals surface area contributed by atoms with Crippen molar-refractivity contribution in [1.29, 1.82) is 0 Å². The van der Waals surface area contributed by atoms with Crippen molar-refractivity contribution >= 4 is 53.2 Å². The normalized spacial score (nSPS) is 12.6. The SMILES string of the molecule is Cn1c(=NC(=O)CCCS(=O)(=O)Cc2ccccc2)sc2cccc(Br)c21. The fourth-order valence-corrected chi connectivity index (χ4v) is 6.02. The maximum Gasteiger partial charge on any atom is 0.248 e. The van der Waals surface area contributed by atoms with Crippen LogP contribution in [0.5, 0.6) is 0 Å². The van der Waals surface area contributed by atoms with Gasteiger partial charge in [0.2, 0.25) is 5.91 Å². The highest BCUT2D eigenvalue weighted by atomic mass is 79.9. The molecule has 0 saturated carbocycles. The number of aryl methyl sites for hydroxylation is 1. The molecule has 0 aliphatic rings. The van der Waals surface area contributed by atoms with Gasteiger partial charge >= 0.3 is 0 Å². The summed E-state index contributed by atoms with van der Waals surface area (Å²) < 4.78 is 28.2. The van der Waals surface area contributed by atoms with Crippen molar-refractivity contribution in [1.82, 2.24) is 4.57 Å². The van der Waals surface area contributed by atoms with Crippen LogP contribution in [0.25, 0.3) is 10.2 Å². The van der Waals surface area contributed by atoms with Crippen molar-refractivity contribution in [2.75, 3.05) is 5.75 Å². The Bertz CT molecular complexity index is 1130. The lowest BCUT2D eigenvalue weighted by atomic mass is 10.2.